The molecule has 2 aromatic heterocycles. The van der Waals surface area contributed by atoms with Crippen molar-refractivity contribution in [2.24, 2.45) is 5.92 Å². The van der Waals surface area contributed by atoms with Gasteiger partial charge in [-0.25, -0.2) is 4.98 Å². The van der Waals surface area contributed by atoms with Crippen LogP contribution in [0.1, 0.15) is 42.6 Å². The molecule has 0 saturated heterocycles. The van der Waals surface area contributed by atoms with Crippen molar-refractivity contribution < 1.29 is 9.53 Å². The molecule has 1 amide bonds. The van der Waals surface area contributed by atoms with Crippen molar-refractivity contribution in [2.75, 3.05) is 7.11 Å². The first-order valence-corrected chi connectivity index (χ1v) is 13.1. The van der Waals surface area contributed by atoms with Gasteiger partial charge in [0.25, 0.3) is 0 Å². The average Bonchev–Trinajstić information content (AvgIpc) is 3.67. The van der Waals surface area contributed by atoms with Crippen molar-refractivity contribution in [3.8, 4) is 16.3 Å². The van der Waals surface area contributed by atoms with Gasteiger partial charge in [-0.3, -0.25) is 4.79 Å². The first-order valence-electron chi connectivity index (χ1n) is 12.2. The van der Waals surface area contributed by atoms with Gasteiger partial charge in [0.15, 0.2) is 0 Å². The number of aromatic nitrogens is 2. The minimum Gasteiger partial charge on any atom is -0.497 e. The number of thiazole rings is 1. The lowest BCUT2D eigenvalue weighted by Crippen LogP contribution is -2.35. The number of rotatable bonds is 9. The summed E-state index contributed by atoms with van der Waals surface area (Å²) in [6, 6.07) is 22.5. The van der Waals surface area contributed by atoms with Crippen molar-refractivity contribution in [2.45, 2.75) is 45.3 Å². The molecule has 1 saturated carbocycles. The van der Waals surface area contributed by atoms with Crippen molar-refractivity contribution >= 4 is 17.2 Å². The summed E-state index contributed by atoms with van der Waals surface area (Å²) >= 11 is 1.65. The Morgan fingerprint density at radius 2 is 1.80 bits per heavy atom. The molecular formula is C29H31N3O2S. The van der Waals surface area contributed by atoms with Gasteiger partial charge in [0.05, 0.1) is 25.9 Å². The van der Waals surface area contributed by atoms with Gasteiger partial charge in [0, 0.05) is 35.3 Å². The summed E-state index contributed by atoms with van der Waals surface area (Å²) in [4.78, 5) is 20.4. The topological polar surface area (TPSA) is 47.4 Å². The molecular weight excluding hydrogens is 454 g/mol. The molecule has 0 radical (unpaired) electrons. The highest BCUT2D eigenvalue weighted by molar-refractivity contribution is 7.13. The number of amides is 1. The van der Waals surface area contributed by atoms with Crippen LogP contribution in [0.4, 0.5) is 0 Å². The molecule has 1 aliphatic carbocycles. The number of carbonyl (C=O) groups is 1. The Kier molecular flexibility index (Phi) is 7.28. The molecule has 0 unspecified atom stereocenters. The zero-order chi connectivity index (χ0) is 24.0. The Morgan fingerprint density at radius 1 is 1.03 bits per heavy atom. The molecule has 180 valence electrons. The molecule has 1 fully saturated rings. The Labute approximate surface area is 211 Å². The molecule has 2 heterocycles. The Balaban J connectivity index is 1.32. The highest BCUT2D eigenvalue weighted by atomic mass is 32.1. The highest BCUT2D eigenvalue weighted by Crippen LogP contribution is 2.29. The SMILES string of the molecule is COc1ccc(-c2nc(Cn3cccc3CN(Cc3ccccc3)C(=O)C3CCCC3)cs2)cc1. The second-order valence-corrected chi connectivity index (χ2v) is 10.0. The van der Waals surface area contributed by atoms with Gasteiger partial charge < -0.3 is 14.2 Å². The van der Waals surface area contributed by atoms with Crippen LogP contribution in [0, 0.1) is 5.92 Å². The van der Waals surface area contributed by atoms with Crippen LogP contribution in [0.15, 0.2) is 78.3 Å². The van der Waals surface area contributed by atoms with Crippen LogP contribution in [0.5, 0.6) is 5.75 Å². The summed E-state index contributed by atoms with van der Waals surface area (Å²) in [5.74, 6) is 1.29. The van der Waals surface area contributed by atoms with Crippen LogP contribution >= 0.6 is 11.3 Å². The summed E-state index contributed by atoms with van der Waals surface area (Å²) in [5.41, 5.74) is 4.41. The third-order valence-electron chi connectivity index (χ3n) is 6.73. The molecule has 4 aromatic rings. The van der Waals surface area contributed by atoms with E-state index in [0.29, 0.717) is 19.6 Å². The summed E-state index contributed by atoms with van der Waals surface area (Å²) in [6.45, 7) is 1.93. The third-order valence-corrected chi connectivity index (χ3v) is 7.67. The number of nitrogens with zero attached hydrogens (tertiary/aromatic N) is 3. The average molecular weight is 486 g/mol. The second kappa shape index (κ2) is 10.9. The van der Waals surface area contributed by atoms with Crippen LogP contribution in [0.25, 0.3) is 10.6 Å². The Bertz CT molecular complexity index is 1240. The molecule has 0 spiro atoms. The Morgan fingerprint density at radius 3 is 2.54 bits per heavy atom. The molecule has 0 N–H and O–H groups in total. The maximum absolute atomic E-state index is 13.4. The summed E-state index contributed by atoms with van der Waals surface area (Å²) in [7, 11) is 1.67. The molecule has 5 nitrogen and oxygen atoms in total. The number of hydrogen-bond donors (Lipinski definition) is 0. The van der Waals surface area contributed by atoms with Gasteiger partial charge >= 0.3 is 0 Å². The lowest BCUT2D eigenvalue weighted by Gasteiger charge is -2.26. The fourth-order valence-electron chi connectivity index (χ4n) is 4.81. The zero-order valence-corrected chi connectivity index (χ0v) is 20.9. The maximum Gasteiger partial charge on any atom is 0.226 e. The molecule has 1 aliphatic rings. The van der Waals surface area contributed by atoms with E-state index >= 15 is 0 Å². The molecule has 6 heteroatoms. The maximum atomic E-state index is 13.4. The third kappa shape index (κ3) is 5.65. The van der Waals surface area contributed by atoms with Gasteiger partial charge in [-0.05, 0) is 54.8 Å². The first kappa shape index (κ1) is 23.4. The molecule has 2 aromatic carbocycles. The standard InChI is InChI=1S/C29H31N3O2S/c1-34-27-15-13-23(14-16-27)28-30-25(21-35-28)19-31-17-7-12-26(31)20-32(18-22-8-3-2-4-9-22)29(33)24-10-5-6-11-24/h2-4,7-9,12-17,21,24H,5-6,10-11,18-20H2,1H3. The minimum atomic E-state index is 0.160. The van der Waals surface area contributed by atoms with Crippen LogP contribution < -0.4 is 4.74 Å². The van der Waals surface area contributed by atoms with Crippen LogP contribution in [0.2, 0.25) is 0 Å². The van der Waals surface area contributed by atoms with Crippen LogP contribution in [-0.4, -0.2) is 27.5 Å². The lowest BCUT2D eigenvalue weighted by molar-refractivity contribution is -0.136. The van der Waals surface area contributed by atoms with Gasteiger partial charge in [-0.2, -0.15) is 0 Å². The van der Waals surface area contributed by atoms with Crippen molar-refractivity contribution in [1.29, 1.82) is 0 Å². The van der Waals surface area contributed by atoms with Crippen molar-refractivity contribution in [1.82, 2.24) is 14.5 Å². The summed E-state index contributed by atoms with van der Waals surface area (Å²) in [6.07, 6.45) is 6.43. The fraction of sp³-hybridized carbons (Fsp3) is 0.310. The van der Waals surface area contributed by atoms with E-state index in [1.54, 1.807) is 18.4 Å². The van der Waals surface area contributed by atoms with E-state index in [2.05, 4.69) is 40.4 Å². The molecule has 5 rings (SSSR count). The molecule has 0 aliphatic heterocycles. The lowest BCUT2D eigenvalue weighted by atomic mass is 10.1. The van der Waals surface area contributed by atoms with E-state index in [4.69, 9.17) is 9.72 Å². The van der Waals surface area contributed by atoms with E-state index in [-0.39, 0.29) is 11.8 Å². The summed E-state index contributed by atoms with van der Waals surface area (Å²) < 4.78 is 7.48. The fourth-order valence-corrected chi connectivity index (χ4v) is 5.63. The number of methoxy groups -OCH3 is 1. The smallest absolute Gasteiger partial charge is 0.226 e. The zero-order valence-electron chi connectivity index (χ0n) is 20.1. The molecule has 0 bridgehead atoms. The summed E-state index contributed by atoms with van der Waals surface area (Å²) in [5, 5.41) is 3.12. The van der Waals surface area contributed by atoms with E-state index in [9.17, 15) is 4.79 Å². The predicted octanol–water partition coefficient (Wildman–Crippen LogP) is 6.39. The van der Waals surface area contributed by atoms with Crippen LogP contribution in [0.3, 0.4) is 0 Å². The van der Waals surface area contributed by atoms with Crippen molar-refractivity contribution in [3.05, 3.63) is 95.3 Å². The van der Waals surface area contributed by atoms with E-state index in [1.165, 1.54) is 5.56 Å². The van der Waals surface area contributed by atoms with Gasteiger partial charge in [-0.15, -0.1) is 11.3 Å². The van der Waals surface area contributed by atoms with E-state index < -0.39 is 0 Å². The van der Waals surface area contributed by atoms with E-state index in [0.717, 1.165) is 53.4 Å². The predicted molar refractivity (Wildman–Crippen MR) is 140 cm³/mol. The number of hydrogen-bond acceptors (Lipinski definition) is 4. The monoisotopic (exact) mass is 485 g/mol. The van der Waals surface area contributed by atoms with Crippen LogP contribution in [-0.2, 0) is 24.4 Å². The van der Waals surface area contributed by atoms with E-state index in [1.807, 2.05) is 47.4 Å². The molecule has 0 atom stereocenters. The normalized spacial score (nSPS) is 13.7. The van der Waals surface area contributed by atoms with Crippen molar-refractivity contribution in [3.63, 3.8) is 0 Å². The first-order chi connectivity index (χ1) is 17.2. The van der Waals surface area contributed by atoms with Gasteiger partial charge in [0.2, 0.25) is 5.91 Å². The van der Waals surface area contributed by atoms with Gasteiger partial charge in [-0.1, -0.05) is 43.2 Å². The minimum absolute atomic E-state index is 0.160. The van der Waals surface area contributed by atoms with Gasteiger partial charge in [0.1, 0.15) is 10.8 Å². The Hall–Kier alpha value is -3.38. The second-order valence-electron chi connectivity index (χ2n) is 9.16. The largest absolute Gasteiger partial charge is 0.497 e. The quantitative estimate of drug-likeness (QED) is 0.276. The highest BCUT2D eigenvalue weighted by Gasteiger charge is 2.28. The number of ether oxygens (including phenoxy) is 1. The number of benzene rings is 2. The number of carbonyl (C=O) groups excluding carboxylic acids is 1. The molecule has 35 heavy (non-hydrogen) atoms.